The zero-order chi connectivity index (χ0) is 13.8. The van der Waals surface area contributed by atoms with Gasteiger partial charge < -0.3 is 15.4 Å². The average Bonchev–Trinajstić information content (AvgIpc) is 2.80. The van der Waals surface area contributed by atoms with Gasteiger partial charge in [0.2, 0.25) is 0 Å². The minimum absolute atomic E-state index is 0.0438. The fourth-order valence-electron chi connectivity index (χ4n) is 2.20. The second-order valence-electron chi connectivity index (χ2n) is 4.33. The Kier molecular flexibility index (Phi) is 4.22. The Bertz CT molecular complexity index is 500. The molecule has 1 aromatic rings. The minimum Gasteiger partial charge on any atom is -0.466 e. The van der Waals surface area contributed by atoms with Crippen LogP contribution in [-0.4, -0.2) is 30.6 Å². The van der Waals surface area contributed by atoms with Crippen LogP contribution in [0.4, 0.5) is 10.9 Å². The quantitative estimate of drug-likeness (QED) is 0.841. The molecule has 0 aliphatic carbocycles. The number of nitriles is 1. The van der Waals surface area contributed by atoms with E-state index in [1.807, 2.05) is 11.8 Å². The number of esters is 1. The average molecular weight is 280 g/mol. The maximum Gasteiger partial charge on any atom is 0.309 e. The molecule has 1 aliphatic rings. The van der Waals surface area contributed by atoms with Crippen molar-refractivity contribution in [1.29, 1.82) is 5.26 Å². The molecule has 6 nitrogen and oxygen atoms in total. The van der Waals surface area contributed by atoms with E-state index in [9.17, 15) is 4.79 Å². The van der Waals surface area contributed by atoms with Gasteiger partial charge in [-0.15, -0.1) is 0 Å². The van der Waals surface area contributed by atoms with Crippen LogP contribution in [0.5, 0.6) is 0 Å². The van der Waals surface area contributed by atoms with E-state index in [1.165, 1.54) is 11.3 Å². The normalized spacial score (nSPS) is 16.1. The number of thiazole rings is 1. The third-order valence-corrected chi connectivity index (χ3v) is 3.92. The van der Waals surface area contributed by atoms with Gasteiger partial charge in [0, 0.05) is 13.1 Å². The van der Waals surface area contributed by atoms with Crippen molar-refractivity contribution < 1.29 is 9.53 Å². The topological polar surface area (TPSA) is 92.2 Å². The summed E-state index contributed by atoms with van der Waals surface area (Å²) >= 11 is 1.20. The standard InChI is InChI=1S/C12H16N4O2S/c1-2-18-11(17)8-3-5-16(6-4-8)10-9(7-13)19-12(14)15-10/h8H,2-6H2,1H3,(H2,14,15). The second kappa shape index (κ2) is 5.89. The zero-order valence-electron chi connectivity index (χ0n) is 10.8. The summed E-state index contributed by atoms with van der Waals surface area (Å²) in [5.74, 6) is 0.477. The lowest BCUT2D eigenvalue weighted by Crippen LogP contribution is -2.37. The van der Waals surface area contributed by atoms with Gasteiger partial charge in [0.25, 0.3) is 0 Å². The summed E-state index contributed by atoms with van der Waals surface area (Å²) in [5.41, 5.74) is 5.63. The Balaban J connectivity index is 2.00. The highest BCUT2D eigenvalue weighted by Crippen LogP contribution is 2.30. The van der Waals surface area contributed by atoms with Gasteiger partial charge in [-0.05, 0) is 19.8 Å². The van der Waals surface area contributed by atoms with Crippen LogP contribution in [0, 0.1) is 17.2 Å². The summed E-state index contributed by atoms with van der Waals surface area (Å²) in [7, 11) is 0. The number of anilines is 2. The lowest BCUT2D eigenvalue weighted by atomic mass is 9.97. The number of nitrogens with zero attached hydrogens (tertiary/aromatic N) is 3. The Morgan fingerprint density at radius 2 is 2.32 bits per heavy atom. The number of rotatable bonds is 3. The van der Waals surface area contributed by atoms with Crippen molar-refractivity contribution >= 4 is 28.3 Å². The number of nitrogens with two attached hydrogens (primary N) is 1. The van der Waals surface area contributed by atoms with Crippen LogP contribution in [-0.2, 0) is 9.53 Å². The van der Waals surface area contributed by atoms with Gasteiger partial charge in [0.15, 0.2) is 15.8 Å². The first-order valence-electron chi connectivity index (χ1n) is 6.23. The van der Waals surface area contributed by atoms with Crippen molar-refractivity contribution in [2.24, 2.45) is 5.92 Å². The monoisotopic (exact) mass is 280 g/mol. The van der Waals surface area contributed by atoms with Crippen LogP contribution in [0.3, 0.4) is 0 Å². The van der Waals surface area contributed by atoms with Crippen molar-refractivity contribution in [2.75, 3.05) is 30.3 Å². The number of piperidine rings is 1. The van der Waals surface area contributed by atoms with Gasteiger partial charge in [-0.2, -0.15) is 5.26 Å². The van der Waals surface area contributed by atoms with Crippen molar-refractivity contribution in [1.82, 2.24) is 4.98 Å². The number of carbonyl (C=O) groups is 1. The first-order valence-corrected chi connectivity index (χ1v) is 7.05. The molecule has 0 amide bonds. The van der Waals surface area contributed by atoms with E-state index in [4.69, 9.17) is 15.7 Å². The highest BCUT2D eigenvalue weighted by atomic mass is 32.1. The number of hydrogen-bond acceptors (Lipinski definition) is 7. The van der Waals surface area contributed by atoms with Crippen LogP contribution in [0.2, 0.25) is 0 Å². The molecule has 0 spiro atoms. The largest absolute Gasteiger partial charge is 0.466 e. The van der Waals surface area contributed by atoms with Gasteiger partial charge in [0.1, 0.15) is 6.07 Å². The molecule has 1 fully saturated rings. The smallest absolute Gasteiger partial charge is 0.309 e. The molecule has 0 aromatic carbocycles. The Labute approximate surface area is 115 Å². The summed E-state index contributed by atoms with van der Waals surface area (Å²) < 4.78 is 5.03. The molecule has 2 rings (SSSR count). The molecule has 1 aromatic heterocycles. The Hall–Kier alpha value is -1.81. The molecule has 0 saturated carbocycles. The molecule has 1 aliphatic heterocycles. The van der Waals surface area contributed by atoms with E-state index in [0.29, 0.717) is 35.5 Å². The van der Waals surface area contributed by atoms with E-state index in [2.05, 4.69) is 11.1 Å². The number of nitrogen functional groups attached to an aromatic ring is 1. The summed E-state index contributed by atoms with van der Waals surface area (Å²) in [6.07, 6.45) is 1.45. The molecule has 1 saturated heterocycles. The maximum atomic E-state index is 11.6. The lowest BCUT2D eigenvalue weighted by Gasteiger charge is -2.31. The highest BCUT2D eigenvalue weighted by molar-refractivity contribution is 7.16. The molecule has 0 radical (unpaired) electrons. The van der Waals surface area contributed by atoms with Crippen molar-refractivity contribution in [3.8, 4) is 6.07 Å². The molecular formula is C12H16N4O2S. The molecule has 2 heterocycles. The van der Waals surface area contributed by atoms with E-state index >= 15 is 0 Å². The first-order chi connectivity index (χ1) is 9.15. The van der Waals surface area contributed by atoms with E-state index in [0.717, 1.165) is 12.8 Å². The fourth-order valence-corrected chi connectivity index (χ4v) is 2.86. The number of hydrogen-bond donors (Lipinski definition) is 1. The molecule has 19 heavy (non-hydrogen) atoms. The molecule has 7 heteroatoms. The van der Waals surface area contributed by atoms with Gasteiger partial charge >= 0.3 is 5.97 Å². The van der Waals surface area contributed by atoms with E-state index in [-0.39, 0.29) is 11.9 Å². The van der Waals surface area contributed by atoms with Gasteiger partial charge in [-0.1, -0.05) is 11.3 Å². The summed E-state index contributed by atoms with van der Waals surface area (Å²) in [6, 6.07) is 2.11. The van der Waals surface area contributed by atoms with Crippen LogP contribution in [0.25, 0.3) is 0 Å². The molecule has 0 atom stereocenters. The van der Waals surface area contributed by atoms with Gasteiger partial charge in [-0.25, -0.2) is 4.98 Å². The Morgan fingerprint density at radius 3 is 2.89 bits per heavy atom. The SMILES string of the molecule is CCOC(=O)C1CCN(c2nc(N)sc2C#N)CC1. The van der Waals surface area contributed by atoms with Crippen LogP contribution in [0.15, 0.2) is 0 Å². The number of ether oxygens (including phenoxy) is 1. The summed E-state index contributed by atoms with van der Waals surface area (Å²) in [4.78, 5) is 18.4. The highest BCUT2D eigenvalue weighted by Gasteiger charge is 2.28. The van der Waals surface area contributed by atoms with Crippen molar-refractivity contribution in [3.63, 3.8) is 0 Å². The van der Waals surface area contributed by atoms with Crippen molar-refractivity contribution in [3.05, 3.63) is 4.88 Å². The molecule has 2 N–H and O–H groups in total. The molecular weight excluding hydrogens is 264 g/mol. The number of carbonyl (C=O) groups excluding carboxylic acids is 1. The van der Waals surface area contributed by atoms with Gasteiger partial charge in [-0.3, -0.25) is 4.79 Å². The lowest BCUT2D eigenvalue weighted by molar-refractivity contribution is -0.148. The third-order valence-electron chi connectivity index (χ3n) is 3.14. The predicted octanol–water partition coefficient (Wildman–Crippen LogP) is 1.38. The summed E-state index contributed by atoms with van der Waals surface area (Å²) in [5, 5.41) is 9.44. The molecule has 102 valence electrons. The maximum absolute atomic E-state index is 11.6. The first kappa shape index (κ1) is 13.6. The Morgan fingerprint density at radius 1 is 1.63 bits per heavy atom. The van der Waals surface area contributed by atoms with Crippen LogP contribution >= 0.6 is 11.3 Å². The van der Waals surface area contributed by atoms with Crippen LogP contribution in [0.1, 0.15) is 24.6 Å². The molecule has 0 bridgehead atoms. The summed E-state index contributed by atoms with van der Waals surface area (Å²) in [6.45, 7) is 3.62. The minimum atomic E-state index is -0.125. The van der Waals surface area contributed by atoms with E-state index < -0.39 is 0 Å². The van der Waals surface area contributed by atoms with Crippen LogP contribution < -0.4 is 10.6 Å². The van der Waals surface area contributed by atoms with Crippen molar-refractivity contribution in [2.45, 2.75) is 19.8 Å². The van der Waals surface area contributed by atoms with E-state index in [1.54, 1.807) is 0 Å². The van der Waals surface area contributed by atoms with Gasteiger partial charge in [0.05, 0.1) is 12.5 Å². The molecule has 0 unspecified atom stereocenters. The third kappa shape index (κ3) is 2.96. The zero-order valence-corrected chi connectivity index (χ0v) is 11.6. The fraction of sp³-hybridized carbons (Fsp3) is 0.583. The predicted molar refractivity (Wildman–Crippen MR) is 72.8 cm³/mol. The second-order valence-corrected chi connectivity index (χ2v) is 5.36. The number of aromatic nitrogens is 1.